The minimum Gasteiger partial charge on any atom is -0.481 e. The van der Waals surface area contributed by atoms with Crippen molar-refractivity contribution in [3.63, 3.8) is 0 Å². The van der Waals surface area contributed by atoms with E-state index in [0.717, 1.165) is 5.56 Å². The molecule has 0 aliphatic rings. The summed E-state index contributed by atoms with van der Waals surface area (Å²) in [5, 5.41) is 8.59. The summed E-state index contributed by atoms with van der Waals surface area (Å²) in [5.74, 6) is -1.53. The molecule has 2 nitrogen and oxygen atoms in total. The zero-order valence-electron chi connectivity index (χ0n) is 7.63. The van der Waals surface area contributed by atoms with Crippen LogP contribution in [0.5, 0.6) is 0 Å². The molecule has 1 atom stereocenters. The Morgan fingerprint density at radius 1 is 1.64 bits per heavy atom. The molecule has 0 saturated carbocycles. The van der Waals surface area contributed by atoms with Crippen molar-refractivity contribution in [3.8, 4) is 0 Å². The Morgan fingerprint density at radius 3 is 2.79 bits per heavy atom. The van der Waals surface area contributed by atoms with Crippen molar-refractivity contribution in [1.29, 1.82) is 0 Å². The van der Waals surface area contributed by atoms with Gasteiger partial charge >= 0.3 is 5.97 Å². The molecule has 0 amide bonds. The maximum atomic E-state index is 12.8. The summed E-state index contributed by atoms with van der Waals surface area (Å²) >= 11 is 5.57. The van der Waals surface area contributed by atoms with Crippen LogP contribution in [-0.4, -0.2) is 11.1 Å². The van der Waals surface area contributed by atoms with Gasteiger partial charge in [0.1, 0.15) is 5.82 Å². The molecule has 1 rings (SSSR count). The van der Waals surface area contributed by atoms with E-state index >= 15 is 0 Å². The van der Waals surface area contributed by atoms with E-state index in [4.69, 9.17) is 16.7 Å². The van der Waals surface area contributed by atoms with Crippen LogP contribution < -0.4 is 0 Å². The van der Waals surface area contributed by atoms with Crippen LogP contribution in [0, 0.1) is 5.82 Å². The van der Waals surface area contributed by atoms with E-state index in [9.17, 15) is 9.18 Å². The lowest BCUT2D eigenvalue weighted by atomic mass is 9.98. The Hall–Kier alpha value is -1.09. The highest BCUT2D eigenvalue weighted by atomic mass is 35.5. The summed E-state index contributed by atoms with van der Waals surface area (Å²) in [5.41, 5.74) is 0.735. The lowest BCUT2D eigenvalue weighted by Gasteiger charge is -2.09. The summed E-state index contributed by atoms with van der Waals surface area (Å²) in [6.07, 6.45) is 0.0158. The van der Waals surface area contributed by atoms with Crippen molar-refractivity contribution in [2.75, 3.05) is 0 Å². The summed E-state index contributed by atoms with van der Waals surface area (Å²) in [6.45, 7) is 1.76. The molecule has 0 aliphatic heterocycles. The molecule has 0 spiro atoms. The lowest BCUT2D eigenvalue weighted by Crippen LogP contribution is -2.02. The molecule has 0 saturated heterocycles. The number of carboxylic acids is 1. The quantitative estimate of drug-likeness (QED) is 0.843. The summed E-state index contributed by atoms with van der Waals surface area (Å²) in [7, 11) is 0. The van der Waals surface area contributed by atoms with Gasteiger partial charge in [0.25, 0.3) is 0 Å². The van der Waals surface area contributed by atoms with Gasteiger partial charge in [-0.3, -0.25) is 4.79 Å². The molecule has 0 aromatic heterocycles. The third kappa shape index (κ3) is 2.70. The van der Waals surface area contributed by atoms with E-state index in [2.05, 4.69) is 0 Å². The second-order valence-electron chi connectivity index (χ2n) is 3.17. The van der Waals surface area contributed by atoms with Crippen LogP contribution in [0.15, 0.2) is 18.2 Å². The fourth-order valence-corrected chi connectivity index (χ4v) is 1.39. The molecule has 0 bridgehead atoms. The highest BCUT2D eigenvalue weighted by Crippen LogP contribution is 2.24. The topological polar surface area (TPSA) is 37.3 Å². The van der Waals surface area contributed by atoms with Crippen molar-refractivity contribution in [2.24, 2.45) is 0 Å². The number of aliphatic carboxylic acids is 1. The van der Waals surface area contributed by atoms with Crippen LogP contribution in [0.1, 0.15) is 24.8 Å². The molecule has 1 aromatic rings. The fourth-order valence-electron chi connectivity index (χ4n) is 1.20. The lowest BCUT2D eigenvalue weighted by molar-refractivity contribution is -0.137. The first kappa shape index (κ1) is 11.0. The molecule has 0 fully saturated rings. The van der Waals surface area contributed by atoms with Crippen LogP contribution in [0.25, 0.3) is 0 Å². The average molecular weight is 217 g/mol. The SMILES string of the molecule is CC(CC(=O)O)c1ccc(F)c(Cl)c1. The molecule has 14 heavy (non-hydrogen) atoms. The second-order valence-corrected chi connectivity index (χ2v) is 3.58. The van der Waals surface area contributed by atoms with E-state index in [1.807, 2.05) is 0 Å². The second kappa shape index (κ2) is 4.42. The van der Waals surface area contributed by atoms with Gasteiger partial charge in [0, 0.05) is 0 Å². The maximum Gasteiger partial charge on any atom is 0.303 e. The van der Waals surface area contributed by atoms with Gasteiger partial charge in [-0.2, -0.15) is 0 Å². The molecular formula is C10H10ClFO2. The number of carboxylic acid groups (broad SMARTS) is 1. The molecular weight excluding hydrogens is 207 g/mol. The first-order valence-electron chi connectivity index (χ1n) is 4.17. The monoisotopic (exact) mass is 216 g/mol. The largest absolute Gasteiger partial charge is 0.481 e. The summed E-state index contributed by atoms with van der Waals surface area (Å²) < 4.78 is 12.8. The normalized spacial score (nSPS) is 12.5. The molecule has 1 unspecified atom stereocenters. The van der Waals surface area contributed by atoms with E-state index in [-0.39, 0.29) is 17.4 Å². The standard InChI is InChI=1S/C10H10ClFO2/c1-6(4-10(13)14)7-2-3-9(12)8(11)5-7/h2-3,5-6H,4H2,1H3,(H,13,14). The molecule has 0 aliphatic carbocycles. The van der Waals surface area contributed by atoms with Crippen LogP contribution in [-0.2, 0) is 4.79 Å². The Balaban J connectivity index is 2.85. The predicted octanol–water partition coefficient (Wildman–Crippen LogP) is 3.06. The van der Waals surface area contributed by atoms with E-state index < -0.39 is 11.8 Å². The zero-order chi connectivity index (χ0) is 10.7. The highest BCUT2D eigenvalue weighted by molar-refractivity contribution is 6.30. The molecule has 0 heterocycles. The van der Waals surface area contributed by atoms with Crippen LogP contribution >= 0.6 is 11.6 Å². The van der Waals surface area contributed by atoms with Crippen LogP contribution in [0.3, 0.4) is 0 Å². The first-order valence-corrected chi connectivity index (χ1v) is 4.55. The molecule has 4 heteroatoms. The smallest absolute Gasteiger partial charge is 0.303 e. The van der Waals surface area contributed by atoms with Crippen molar-refractivity contribution < 1.29 is 14.3 Å². The van der Waals surface area contributed by atoms with Gasteiger partial charge in [0.2, 0.25) is 0 Å². The number of rotatable bonds is 3. The highest BCUT2D eigenvalue weighted by Gasteiger charge is 2.11. The van der Waals surface area contributed by atoms with E-state index in [1.165, 1.54) is 12.1 Å². The number of halogens is 2. The third-order valence-corrected chi connectivity index (χ3v) is 2.28. The van der Waals surface area contributed by atoms with Crippen LogP contribution in [0.4, 0.5) is 4.39 Å². The van der Waals surface area contributed by atoms with E-state index in [1.54, 1.807) is 13.0 Å². The van der Waals surface area contributed by atoms with Gasteiger partial charge in [-0.05, 0) is 23.6 Å². The third-order valence-electron chi connectivity index (χ3n) is 1.99. The van der Waals surface area contributed by atoms with Crippen LogP contribution in [0.2, 0.25) is 5.02 Å². The Bertz CT molecular complexity index is 352. The van der Waals surface area contributed by atoms with Gasteiger partial charge in [0.15, 0.2) is 0 Å². The average Bonchev–Trinajstić information content (AvgIpc) is 2.08. The van der Waals surface area contributed by atoms with Gasteiger partial charge in [-0.15, -0.1) is 0 Å². The summed E-state index contributed by atoms with van der Waals surface area (Å²) in [6, 6.07) is 4.26. The van der Waals surface area contributed by atoms with Gasteiger partial charge in [0.05, 0.1) is 11.4 Å². The number of benzene rings is 1. The van der Waals surface area contributed by atoms with Gasteiger partial charge in [-0.25, -0.2) is 4.39 Å². The summed E-state index contributed by atoms with van der Waals surface area (Å²) in [4.78, 5) is 10.4. The minimum absolute atomic E-state index is 0.0158. The first-order chi connectivity index (χ1) is 6.50. The maximum absolute atomic E-state index is 12.8. The Morgan fingerprint density at radius 2 is 2.29 bits per heavy atom. The van der Waals surface area contributed by atoms with E-state index in [0.29, 0.717) is 0 Å². The molecule has 1 aromatic carbocycles. The minimum atomic E-state index is -0.877. The number of hydrogen-bond acceptors (Lipinski definition) is 1. The Labute approximate surface area is 86.3 Å². The van der Waals surface area contributed by atoms with Crippen molar-refractivity contribution >= 4 is 17.6 Å². The van der Waals surface area contributed by atoms with Crippen molar-refractivity contribution in [2.45, 2.75) is 19.3 Å². The van der Waals surface area contributed by atoms with Gasteiger partial charge < -0.3 is 5.11 Å². The van der Waals surface area contributed by atoms with Crippen molar-refractivity contribution in [3.05, 3.63) is 34.6 Å². The Kier molecular flexibility index (Phi) is 3.47. The molecule has 1 N–H and O–H groups in total. The zero-order valence-corrected chi connectivity index (χ0v) is 8.38. The number of carbonyl (C=O) groups is 1. The molecule has 76 valence electrons. The number of hydrogen-bond donors (Lipinski definition) is 1. The van der Waals surface area contributed by atoms with Gasteiger partial charge in [-0.1, -0.05) is 24.6 Å². The fraction of sp³-hybridized carbons (Fsp3) is 0.300. The molecule has 0 radical (unpaired) electrons. The van der Waals surface area contributed by atoms with Crippen molar-refractivity contribution in [1.82, 2.24) is 0 Å². The predicted molar refractivity (Wildman–Crippen MR) is 52.1 cm³/mol.